The predicted octanol–water partition coefficient (Wildman–Crippen LogP) is 7.01. The second-order valence-corrected chi connectivity index (χ2v) is 15.5. The van der Waals surface area contributed by atoms with Crippen LogP contribution < -0.4 is 14.4 Å². The molecular weight excluding hydrogens is 642 g/mol. The summed E-state index contributed by atoms with van der Waals surface area (Å²) in [6, 6.07) is 14.2. The third-order valence-electron chi connectivity index (χ3n) is 11.1. The van der Waals surface area contributed by atoms with E-state index in [1.165, 1.54) is 12.8 Å². The first-order valence-corrected chi connectivity index (χ1v) is 18.3. The van der Waals surface area contributed by atoms with Crippen LogP contribution in [0.5, 0.6) is 11.6 Å². The molecule has 2 aromatic carbocycles. The number of methoxy groups -OCH3 is 1. The van der Waals surface area contributed by atoms with Crippen molar-refractivity contribution >= 4 is 33.5 Å². The molecule has 51 heavy (non-hydrogen) atoms. The summed E-state index contributed by atoms with van der Waals surface area (Å²) in [5.74, 6) is 4.98. The minimum Gasteiger partial charge on any atom is -0.476 e. The molecule has 2 aromatic heterocycles. The molecule has 4 aromatic rings. The third kappa shape index (κ3) is 6.31. The molecule has 2 unspecified atom stereocenters. The van der Waals surface area contributed by atoms with Gasteiger partial charge in [-0.1, -0.05) is 18.1 Å². The summed E-state index contributed by atoms with van der Waals surface area (Å²) in [6.07, 6.45) is 14.3. The average molecular weight is 690 g/mol. The number of hydrogen-bond donors (Lipinski definition) is 0. The van der Waals surface area contributed by atoms with Crippen LogP contribution in [0.2, 0.25) is 0 Å². The summed E-state index contributed by atoms with van der Waals surface area (Å²) < 4.78 is 23.6. The van der Waals surface area contributed by atoms with Gasteiger partial charge in [0.05, 0.1) is 23.3 Å². The van der Waals surface area contributed by atoms with Gasteiger partial charge in [0.15, 0.2) is 6.79 Å². The lowest BCUT2D eigenvalue weighted by atomic mass is 9.95. The highest BCUT2D eigenvalue weighted by Crippen LogP contribution is 2.42. The first-order valence-electron chi connectivity index (χ1n) is 18.3. The smallest absolute Gasteiger partial charge is 0.410 e. The van der Waals surface area contributed by atoms with Crippen molar-refractivity contribution in [3.63, 3.8) is 0 Å². The second kappa shape index (κ2) is 13.2. The van der Waals surface area contributed by atoms with Crippen molar-refractivity contribution < 1.29 is 23.7 Å². The molecule has 8 rings (SSSR count). The number of piperazine rings is 1. The minimum atomic E-state index is -0.546. The lowest BCUT2D eigenvalue weighted by Crippen LogP contribution is -2.57. The van der Waals surface area contributed by atoms with E-state index in [0.29, 0.717) is 31.3 Å². The second-order valence-electron chi connectivity index (χ2n) is 15.5. The van der Waals surface area contributed by atoms with Gasteiger partial charge in [0, 0.05) is 54.4 Å². The van der Waals surface area contributed by atoms with E-state index < -0.39 is 5.60 Å². The molecule has 4 fully saturated rings. The van der Waals surface area contributed by atoms with Crippen molar-refractivity contribution in [2.45, 2.75) is 82.5 Å². The van der Waals surface area contributed by atoms with Gasteiger partial charge in [-0.3, -0.25) is 14.8 Å². The van der Waals surface area contributed by atoms with Crippen molar-refractivity contribution in [3.05, 3.63) is 54.2 Å². The number of benzene rings is 2. The summed E-state index contributed by atoms with van der Waals surface area (Å²) in [5.41, 5.74) is 1.98. The van der Waals surface area contributed by atoms with E-state index >= 15 is 0 Å². The highest BCUT2D eigenvalue weighted by molar-refractivity contribution is 6.03. The number of anilines is 1. The Balaban J connectivity index is 1.20. The molecule has 6 heterocycles. The highest BCUT2D eigenvalue weighted by atomic mass is 16.7. The van der Waals surface area contributed by atoms with Gasteiger partial charge >= 0.3 is 6.09 Å². The van der Waals surface area contributed by atoms with Crippen molar-refractivity contribution in [2.24, 2.45) is 0 Å². The monoisotopic (exact) mass is 689 g/mol. The number of terminal acetylenes is 1. The first kappa shape index (κ1) is 33.5. The number of nitrogens with zero attached hydrogens (tertiary/aromatic N) is 5. The number of rotatable bonds is 8. The van der Waals surface area contributed by atoms with Crippen molar-refractivity contribution in [3.8, 4) is 35.2 Å². The van der Waals surface area contributed by atoms with Gasteiger partial charge in [0.25, 0.3) is 0 Å². The molecule has 1 amide bonds. The number of hydrogen-bond acceptors (Lipinski definition) is 9. The van der Waals surface area contributed by atoms with Gasteiger partial charge in [0.2, 0.25) is 5.88 Å². The average Bonchev–Trinajstić information content (AvgIpc) is 3.78. The molecule has 0 radical (unpaired) electrons. The third-order valence-corrected chi connectivity index (χ3v) is 11.1. The summed E-state index contributed by atoms with van der Waals surface area (Å²) in [5, 5.41) is 3.82. The Kier molecular flexibility index (Phi) is 8.67. The largest absolute Gasteiger partial charge is 0.476 e. The zero-order chi connectivity index (χ0) is 35.3. The van der Waals surface area contributed by atoms with Crippen molar-refractivity contribution in [1.82, 2.24) is 19.8 Å². The molecule has 0 aliphatic carbocycles. The minimum absolute atomic E-state index is 0.0417. The highest BCUT2D eigenvalue weighted by Gasteiger charge is 2.46. The molecule has 4 aliphatic rings. The fraction of sp³-hybridized carbons (Fsp3) is 0.488. The van der Waals surface area contributed by atoms with Gasteiger partial charge in [-0.05, 0) is 107 Å². The summed E-state index contributed by atoms with van der Waals surface area (Å²) in [7, 11) is 1.61. The Hall–Kier alpha value is -4.59. The Morgan fingerprint density at radius 3 is 2.49 bits per heavy atom. The SMILES string of the molecule is C#Cc1cccc2cc(OCOC)cc(-c3cc4cc(OCC56CCCN5CCC6)nc(N5CC6CCC(C5)N6C(=O)OC(C)(C)C)c4cn3)c12. The number of carbonyl (C=O) groups excluding carboxylic acids is 1. The van der Waals surface area contributed by atoms with Crippen LogP contribution in [0.15, 0.2) is 48.7 Å². The lowest BCUT2D eigenvalue weighted by molar-refractivity contribution is 0.0122. The van der Waals surface area contributed by atoms with Crippen LogP contribution in [-0.4, -0.2) is 95.8 Å². The van der Waals surface area contributed by atoms with E-state index in [2.05, 4.69) is 27.9 Å². The summed E-state index contributed by atoms with van der Waals surface area (Å²) in [6.45, 7) is 10.1. The fourth-order valence-corrected chi connectivity index (χ4v) is 8.86. The first-order chi connectivity index (χ1) is 24.6. The van der Waals surface area contributed by atoms with Gasteiger partial charge < -0.3 is 23.8 Å². The van der Waals surface area contributed by atoms with Crippen LogP contribution in [-0.2, 0) is 9.47 Å². The topological polar surface area (TPSA) is 89.5 Å². The van der Waals surface area contributed by atoms with Crippen molar-refractivity contribution in [1.29, 1.82) is 0 Å². The molecule has 4 saturated heterocycles. The number of aromatic nitrogens is 2. The Bertz CT molecular complexity index is 1990. The number of amides is 1. The molecule has 10 nitrogen and oxygen atoms in total. The van der Waals surface area contributed by atoms with Crippen LogP contribution in [0.1, 0.15) is 64.9 Å². The number of pyridine rings is 2. The molecule has 2 atom stereocenters. The summed E-state index contributed by atoms with van der Waals surface area (Å²) in [4.78, 5) is 30.4. The molecule has 0 spiro atoms. The number of ether oxygens (including phenoxy) is 4. The molecule has 0 N–H and O–H groups in total. The van der Waals surface area contributed by atoms with Crippen LogP contribution in [0.4, 0.5) is 10.6 Å². The fourth-order valence-electron chi connectivity index (χ4n) is 8.86. The number of carbonyl (C=O) groups is 1. The summed E-state index contributed by atoms with van der Waals surface area (Å²) >= 11 is 0. The maximum absolute atomic E-state index is 13.3. The van der Waals surface area contributed by atoms with Crippen LogP contribution in [0.25, 0.3) is 32.8 Å². The predicted molar refractivity (Wildman–Crippen MR) is 198 cm³/mol. The maximum atomic E-state index is 13.3. The molecule has 10 heteroatoms. The molecular formula is C41H47N5O5. The Morgan fingerprint density at radius 1 is 1.02 bits per heavy atom. The maximum Gasteiger partial charge on any atom is 0.410 e. The van der Waals surface area contributed by atoms with Gasteiger partial charge in [-0.15, -0.1) is 6.42 Å². The van der Waals surface area contributed by atoms with Crippen LogP contribution in [0, 0.1) is 12.3 Å². The standard InChI is InChI=1S/C41H47N5O5/c1-6-27-10-7-11-28-18-32(50-26-48-5)21-33(37(27)28)35-19-29-20-36(49-25-41-14-8-16-45(41)17-9-15-41)43-38(34(29)22-42-35)44-23-30-12-13-31(24-44)46(30)39(47)51-40(2,3)4/h1,7,10-11,18-22,30-31H,8-9,12-17,23-26H2,2-5H3. The quantitative estimate of drug-likeness (QED) is 0.143. The molecule has 0 saturated carbocycles. The molecule has 2 bridgehead atoms. The van der Waals surface area contributed by atoms with E-state index in [1.807, 2.05) is 62.2 Å². The van der Waals surface area contributed by atoms with E-state index in [0.717, 1.165) is 83.0 Å². The van der Waals surface area contributed by atoms with Crippen molar-refractivity contribution in [2.75, 3.05) is 51.6 Å². The zero-order valence-electron chi connectivity index (χ0n) is 30.1. The number of fused-ring (bicyclic) bond motifs is 5. The van der Waals surface area contributed by atoms with Gasteiger partial charge in [-0.2, -0.15) is 4.98 Å². The molecule has 4 aliphatic heterocycles. The van der Waals surface area contributed by atoms with Gasteiger partial charge in [0.1, 0.15) is 23.8 Å². The zero-order valence-corrected chi connectivity index (χ0v) is 30.1. The van der Waals surface area contributed by atoms with E-state index in [9.17, 15) is 4.79 Å². The van der Waals surface area contributed by atoms with E-state index in [1.54, 1.807) is 7.11 Å². The lowest BCUT2D eigenvalue weighted by Gasteiger charge is -2.42. The normalized spacial score (nSPS) is 21.2. The van der Waals surface area contributed by atoms with Crippen LogP contribution in [0.3, 0.4) is 0 Å². The van der Waals surface area contributed by atoms with E-state index in [4.69, 9.17) is 35.3 Å². The van der Waals surface area contributed by atoms with Gasteiger partial charge in [-0.25, -0.2) is 4.79 Å². The van der Waals surface area contributed by atoms with Crippen LogP contribution >= 0.6 is 0 Å². The molecule has 266 valence electrons. The Labute approximate surface area is 300 Å². The van der Waals surface area contributed by atoms with E-state index in [-0.39, 0.29) is 30.5 Å². The Morgan fingerprint density at radius 2 is 1.78 bits per heavy atom.